The molecule has 2 aromatic rings. The highest BCUT2D eigenvalue weighted by atomic mass is 32.1. The predicted molar refractivity (Wildman–Crippen MR) is 85.7 cm³/mol. The van der Waals surface area contributed by atoms with Gasteiger partial charge in [-0.3, -0.25) is 4.98 Å². The Bertz CT molecular complexity index is 638. The molecule has 1 N–H and O–H groups in total. The quantitative estimate of drug-likeness (QED) is 0.942. The van der Waals surface area contributed by atoms with Gasteiger partial charge >= 0.3 is 6.03 Å². The monoisotopic (exact) mass is 304 g/mol. The first-order valence-electron chi connectivity index (χ1n) is 6.89. The molecule has 0 aliphatic carbocycles. The van der Waals surface area contributed by atoms with Gasteiger partial charge in [0.25, 0.3) is 0 Å². The number of hydrogen-bond acceptors (Lipinski definition) is 4. The molecule has 112 valence electrons. The Labute approximate surface area is 129 Å². The fourth-order valence-corrected chi connectivity index (χ4v) is 2.80. The van der Waals surface area contributed by atoms with Crippen LogP contribution in [0.4, 0.5) is 10.5 Å². The lowest BCUT2D eigenvalue weighted by Gasteiger charge is -2.17. The highest BCUT2D eigenvalue weighted by molar-refractivity contribution is 7.11. The van der Waals surface area contributed by atoms with E-state index in [0.717, 1.165) is 28.5 Å². The van der Waals surface area contributed by atoms with Crippen LogP contribution in [-0.4, -0.2) is 27.9 Å². The molecule has 0 bridgehead atoms. The average Bonchev–Trinajstić information content (AvgIpc) is 2.89. The molecule has 6 heteroatoms. The molecule has 2 rings (SSSR count). The molecule has 2 heterocycles. The molecule has 0 fully saturated rings. The van der Waals surface area contributed by atoms with Gasteiger partial charge in [0, 0.05) is 23.8 Å². The molecule has 0 unspecified atom stereocenters. The maximum Gasteiger partial charge on any atom is 0.322 e. The molecular weight excluding hydrogens is 284 g/mol. The third-order valence-corrected chi connectivity index (χ3v) is 4.26. The lowest BCUT2D eigenvalue weighted by molar-refractivity contribution is 0.220. The second-order valence-electron chi connectivity index (χ2n) is 4.95. The first-order chi connectivity index (χ1) is 9.99. The molecule has 2 amide bonds. The van der Waals surface area contributed by atoms with Crippen molar-refractivity contribution in [1.29, 1.82) is 0 Å². The Morgan fingerprint density at radius 1 is 1.38 bits per heavy atom. The number of anilines is 1. The molecule has 21 heavy (non-hydrogen) atoms. The van der Waals surface area contributed by atoms with E-state index in [1.807, 2.05) is 32.2 Å². The summed E-state index contributed by atoms with van der Waals surface area (Å²) in [7, 11) is 1.76. The van der Waals surface area contributed by atoms with Crippen molar-refractivity contribution in [2.24, 2.45) is 0 Å². The Kier molecular flexibility index (Phi) is 4.90. The van der Waals surface area contributed by atoms with E-state index in [0.29, 0.717) is 6.54 Å². The van der Waals surface area contributed by atoms with Crippen molar-refractivity contribution in [3.8, 4) is 0 Å². The highest BCUT2D eigenvalue weighted by Gasteiger charge is 2.13. The van der Waals surface area contributed by atoms with E-state index in [9.17, 15) is 4.79 Å². The van der Waals surface area contributed by atoms with E-state index in [4.69, 9.17) is 0 Å². The number of rotatable bonds is 4. The van der Waals surface area contributed by atoms with Crippen LogP contribution < -0.4 is 5.32 Å². The predicted octanol–water partition coefficient (Wildman–Crippen LogP) is 3.38. The highest BCUT2D eigenvalue weighted by Crippen LogP contribution is 2.16. The van der Waals surface area contributed by atoms with Gasteiger partial charge in [-0.1, -0.05) is 6.92 Å². The minimum Gasteiger partial charge on any atom is -0.321 e. The molecule has 0 saturated carbocycles. The molecule has 0 radical (unpaired) electrons. The van der Waals surface area contributed by atoms with Crippen LogP contribution in [0.3, 0.4) is 0 Å². The van der Waals surface area contributed by atoms with Crippen molar-refractivity contribution in [2.75, 3.05) is 12.4 Å². The number of carbonyl (C=O) groups is 1. The lowest BCUT2D eigenvalue weighted by atomic mass is 10.3. The standard InChI is InChI=1S/C15H20N4OS/c1-5-12-8-16-14(21-12)9-19(4)15(20)18-13-7-6-10(2)17-11(13)3/h6-8H,5,9H2,1-4H3,(H,18,20). The van der Waals surface area contributed by atoms with Gasteiger partial charge in [-0.05, 0) is 32.4 Å². The van der Waals surface area contributed by atoms with Gasteiger partial charge in [-0.25, -0.2) is 9.78 Å². The van der Waals surface area contributed by atoms with E-state index in [1.54, 1.807) is 23.3 Å². The van der Waals surface area contributed by atoms with Crippen molar-refractivity contribution < 1.29 is 4.79 Å². The summed E-state index contributed by atoms with van der Waals surface area (Å²) in [6.07, 6.45) is 2.85. The Hall–Kier alpha value is -1.95. The maximum atomic E-state index is 12.2. The van der Waals surface area contributed by atoms with Crippen molar-refractivity contribution in [2.45, 2.75) is 33.7 Å². The Morgan fingerprint density at radius 2 is 2.14 bits per heavy atom. The summed E-state index contributed by atoms with van der Waals surface area (Å²) < 4.78 is 0. The second kappa shape index (κ2) is 6.67. The number of aromatic nitrogens is 2. The summed E-state index contributed by atoms with van der Waals surface area (Å²) in [4.78, 5) is 23.7. The molecule has 2 aromatic heterocycles. The van der Waals surface area contributed by atoms with Crippen molar-refractivity contribution in [1.82, 2.24) is 14.9 Å². The smallest absolute Gasteiger partial charge is 0.321 e. The topological polar surface area (TPSA) is 58.1 Å². The molecule has 0 aliphatic rings. The zero-order valence-electron chi connectivity index (χ0n) is 12.8. The van der Waals surface area contributed by atoms with Crippen molar-refractivity contribution >= 4 is 23.1 Å². The number of aryl methyl sites for hydroxylation is 3. The van der Waals surface area contributed by atoms with E-state index < -0.39 is 0 Å². The molecule has 0 atom stereocenters. The zero-order chi connectivity index (χ0) is 15.4. The summed E-state index contributed by atoms with van der Waals surface area (Å²) in [6, 6.07) is 3.61. The normalized spacial score (nSPS) is 10.5. The number of pyridine rings is 1. The van der Waals surface area contributed by atoms with E-state index in [1.165, 1.54) is 4.88 Å². The average molecular weight is 304 g/mol. The van der Waals surface area contributed by atoms with E-state index >= 15 is 0 Å². The summed E-state index contributed by atoms with van der Waals surface area (Å²) in [6.45, 7) is 6.42. The number of amides is 2. The Morgan fingerprint density at radius 3 is 2.76 bits per heavy atom. The zero-order valence-corrected chi connectivity index (χ0v) is 13.6. The van der Waals surface area contributed by atoms with Gasteiger partial charge in [-0.2, -0.15) is 0 Å². The van der Waals surface area contributed by atoms with Crippen molar-refractivity contribution in [3.05, 3.63) is 39.6 Å². The largest absolute Gasteiger partial charge is 0.322 e. The summed E-state index contributed by atoms with van der Waals surface area (Å²) in [5, 5.41) is 3.83. The third kappa shape index (κ3) is 4.01. The van der Waals surface area contributed by atoms with Gasteiger partial charge < -0.3 is 10.2 Å². The molecule has 0 spiro atoms. The summed E-state index contributed by atoms with van der Waals surface area (Å²) in [5.41, 5.74) is 2.50. The number of nitrogens with one attached hydrogen (secondary N) is 1. The lowest BCUT2D eigenvalue weighted by Crippen LogP contribution is -2.31. The summed E-state index contributed by atoms with van der Waals surface area (Å²) >= 11 is 1.64. The number of nitrogens with zero attached hydrogens (tertiary/aromatic N) is 3. The fraction of sp³-hybridized carbons (Fsp3) is 0.400. The number of carbonyl (C=O) groups excluding carboxylic acids is 1. The van der Waals surface area contributed by atoms with Crippen LogP contribution in [0, 0.1) is 13.8 Å². The first kappa shape index (κ1) is 15.4. The molecule has 0 aromatic carbocycles. The van der Waals surface area contributed by atoms with Gasteiger partial charge in [0.05, 0.1) is 17.9 Å². The molecular formula is C15H20N4OS. The van der Waals surface area contributed by atoms with Gasteiger partial charge in [-0.15, -0.1) is 11.3 Å². The first-order valence-corrected chi connectivity index (χ1v) is 7.71. The third-order valence-electron chi connectivity index (χ3n) is 3.14. The van der Waals surface area contributed by atoms with Crippen LogP contribution in [0.5, 0.6) is 0 Å². The van der Waals surface area contributed by atoms with Crippen LogP contribution in [-0.2, 0) is 13.0 Å². The van der Waals surface area contributed by atoms with E-state index in [2.05, 4.69) is 22.2 Å². The molecule has 0 saturated heterocycles. The fourth-order valence-electron chi connectivity index (χ4n) is 1.89. The Balaban J connectivity index is 1.99. The number of thiazole rings is 1. The van der Waals surface area contributed by atoms with Crippen LogP contribution in [0.25, 0.3) is 0 Å². The number of hydrogen-bond donors (Lipinski definition) is 1. The summed E-state index contributed by atoms with van der Waals surface area (Å²) in [5.74, 6) is 0. The SMILES string of the molecule is CCc1cnc(CN(C)C(=O)Nc2ccc(C)nc2C)s1. The van der Waals surface area contributed by atoms with Crippen LogP contribution in [0.2, 0.25) is 0 Å². The van der Waals surface area contributed by atoms with Crippen LogP contribution >= 0.6 is 11.3 Å². The molecule has 5 nitrogen and oxygen atoms in total. The van der Waals surface area contributed by atoms with Crippen LogP contribution in [0.1, 0.15) is 28.2 Å². The maximum absolute atomic E-state index is 12.2. The van der Waals surface area contributed by atoms with Gasteiger partial charge in [0.1, 0.15) is 5.01 Å². The van der Waals surface area contributed by atoms with Crippen molar-refractivity contribution in [3.63, 3.8) is 0 Å². The molecule has 0 aliphatic heterocycles. The second-order valence-corrected chi connectivity index (χ2v) is 6.15. The van der Waals surface area contributed by atoms with Gasteiger partial charge in [0.15, 0.2) is 0 Å². The number of urea groups is 1. The minimum absolute atomic E-state index is 0.156. The minimum atomic E-state index is -0.156. The van der Waals surface area contributed by atoms with Gasteiger partial charge in [0.2, 0.25) is 0 Å². The van der Waals surface area contributed by atoms with Crippen LogP contribution in [0.15, 0.2) is 18.3 Å². The van der Waals surface area contributed by atoms with E-state index in [-0.39, 0.29) is 6.03 Å².